The van der Waals surface area contributed by atoms with Crippen molar-refractivity contribution < 1.29 is 13.2 Å². The lowest BCUT2D eigenvalue weighted by Crippen LogP contribution is -2.18. The fourth-order valence-electron chi connectivity index (χ4n) is 1.70. The van der Waals surface area contributed by atoms with E-state index in [4.69, 9.17) is 22.5 Å². The summed E-state index contributed by atoms with van der Waals surface area (Å²) in [6, 6.07) is 10.9. The summed E-state index contributed by atoms with van der Waals surface area (Å²) in [5.74, 6) is -0.555. The Morgan fingerprint density at radius 1 is 1.14 bits per heavy atom. The Hall–Kier alpha value is -2.09. The number of sulfonamides is 1. The number of primary sulfonamides is 1. The van der Waals surface area contributed by atoms with Crippen molar-refractivity contribution in [2.24, 2.45) is 5.14 Å². The van der Waals surface area contributed by atoms with Crippen LogP contribution in [0.4, 0.5) is 11.4 Å². The fraction of sp³-hybridized carbons (Fsp3) is 0. The summed E-state index contributed by atoms with van der Waals surface area (Å²) in [5, 5.41) is 7.51. The van der Waals surface area contributed by atoms with Gasteiger partial charge in [0.1, 0.15) is 4.90 Å². The number of halogens is 1. The van der Waals surface area contributed by atoms with Gasteiger partial charge in [-0.25, -0.2) is 13.6 Å². The van der Waals surface area contributed by atoms with Gasteiger partial charge in [-0.1, -0.05) is 29.8 Å². The van der Waals surface area contributed by atoms with Crippen molar-refractivity contribution in [3.8, 4) is 0 Å². The Morgan fingerprint density at radius 3 is 2.33 bits per heavy atom. The van der Waals surface area contributed by atoms with Crippen LogP contribution in [0, 0.1) is 0 Å². The third kappa shape index (κ3) is 3.52. The highest BCUT2D eigenvalue weighted by Gasteiger charge is 2.19. The van der Waals surface area contributed by atoms with Crippen molar-refractivity contribution in [2.75, 3.05) is 11.1 Å². The molecule has 0 spiro atoms. The van der Waals surface area contributed by atoms with E-state index in [2.05, 4.69) is 5.32 Å². The van der Waals surface area contributed by atoms with Gasteiger partial charge < -0.3 is 11.1 Å². The summed E-state index contributed by atoms with van der Waals surface area (Å²) in [4.78, 5) is 11.8. The van der Waals surface area contributed by atoms with E-state index >= 15 is 0 Å². The van der Waals surface area contributed by atoms with Crippen molar-refractivity contribution in [3.63, 3.8) is 0 Å². The molecule has 0 aliphatic heterocycles. The Balaban J connectivity index is 2.42. The Kier molecular flexibility index (Phi) is 4.17. The van der Waals surface area contributed by atoms with E-state index in [9.17, 15) is 13.2 Å². The van der Waals surface area contributed by atoms with Crippen LogP contribution in [0.3, 0.4) is 0 Å². The average Bonchev–Trinajstić information content (AvgIpc) is 2.38. The zero-order valence-corrected chi connectivity index (χ0v) is 12.3. The van der Waals surface area contributed by atoms with E-state index in [0.29, 0.717) is 5.69 Å². The number of carbonyl (C=O) groups excluding carboxylic acids is 1. The number of para-hydroxylation sites is 1. The van der Waals surface area contributed by atoms with E-state index < -0.39 is 15.9 Å². The lowest BCUT2D eigenvalue weighted by atomic mass is 10.1. The van der Waals surface area contributed by atoms with Gasteiger partial charge in [0.25, 0.3) is 5.91 Å². The van der Waals surface area contributed by atoms with Gasteiger partial charge in [-0.05, 0) is 24.3 Å². The van der Waals surface area contributed by atoms with Gasteiger partial charge in [0, 0.05) is 11.4 Å². The molecule has 1 amide bonds. The largest absolute Gasteiger partial charge is 0.398 e. The molecule has 6 nitrogen and oxygen atoms in total. The van der Waals surface area contributed by atoms with Gasteiger partial charge in [0.15, 0.2) is 0 Å². The minimum absolute atomic E-state index is 0.0210. The molecule has 0 bridgehead atoms. The van der Waals surface area contributed by atoms with Crippen molar-refractivity contribution in [2.45, 2.75) is 4.90 Å². The van der Waals surface area contributed by atoms with Crippen LogP contribution in [-0.2, 0) is 10.0 Å². The molecule has 0 radical (unpaired) electrons. The number of carbonyl (C=O) groups is 1. The molecule has 0 unspecified atom stereocenters. The van der Waals surface area contributed by atoms with Crippen molar-refractivity contribution in [1.82, 2.24) is 0 Å². The topological polar surface area (TPSA) is 115 Å². The molecule has 2 rings (SSSR count). The first-order chi connectivity index (χ1) is 9.79. The summed E-state index contributed by atoms with van der Waals surface area (Å²) in [7, 11) is -4.05. The molecule has 0 aliphatic carbocycles. The number of hydrogen-bond donors (Lipinski definition) is 3. The highest BCUT2D eigenvalue weighted by Crippen LogP contribution is 2.27. The third-order valence-corrected chi connectivity index (χ3v) is 4.06. The Morgan fingerprint density at radius 2 is 1.76 bits per heavy atom. The maximum atomic E-state index is 12.2. The smallest absolute Gasteiger partial charge is 0.257 e. The van der Waals surface area contributed by atoms with E-state index in [0.717, 1.165) is 6.07 Å². The molecule has 5 N–H and O–H groups in total. The van der Waals surface area contributed by atoms with Gasteiger partial charge in [-0.3, -0.25) is 4.79 Å². The van der Waals surface area contributed by atoms with Crippen LogP contribution < -0.4 is 16.2 Å². The van der Waals surface area contributed by atoms with Crippen LogP contribution >= 0.6 is 11.6 Å². The minimum atomic E-state index is -4.05. The minimum Gasteiger partial charge on any atom is -0.398 e. The number of nitrogen functional groups attached to an aromatic ring is 1. The number of amides is 1. The first-order valence-electron chi connectivity index (χ1n) is 5.77. The second-order valence-electron chi connectivity index (χ2n) is 4.24. The Bertz CT molecular complexity index is 792. The molecule has 0 aromatic heterocycles. The molecule has 8 heteroatoms. The normalized spacial score (nSPS) is 11.1. The maximum absolute atomic E-state index is 12.2. The molecule has 0 saturated heterocycles. The van der Waals surface area contributed by atoms with Crippen LogP contribution in [0.25, 0.3) is 0 Å². The SMILES string of the molecule is Nc1cc(Cl)c(S(N)(=O)=O)cc1C(=O)Nc1ccccc1. The van der Waals surface area contributed by atoms with Crippen molar-refractivity contribution in [1.29, 1.82) is 0 Å². The summed E-state index contributed by atoms with van der Waals surface area (Å²) in [6.45, 7) is 0. The van der Waals surface area contributed by atoms with Gasteiger partial charge in [0.2, 0.25) is 10.0 Å². The standard InChI is InChI=1S/C13H12ClN3O3S/c14-10-7-11(15)9(6-12(10)21(16,19)20)13(18)17-8-4-2-1-3-5-8/h1-7H,15H2,(H,17,18)(H2,16,19,20). The van der Waals surface area contributed by atoms with Crippen LogP contribution in [0.5, 0.6) is 0 Å². The molecule has 0 heterocycles. The monoisotopic (exact) mass is 325 g/mol. The number of nitrogens with two attached hydrogens (primary N) is 2. The maximum Gasteiger partial charge on any atom is 0.257 e. The van der Waals surface area contributed by atoms with Crippen molar-refractivity contribution in [3.05, 3.63) is 53.1 Å². The molecule has 0 fully saturated rings. The van der Waals surface area contributed by atoms with Crippen molar-refractivity contribution >= 4 is 38.9 Å². The molecule has 2 aromatic carbocycles. The number of nitrogens with one attached hydrogen (secondary N) is 1. The third-order valence-electron chi connectivity index (χ3n) is 2.69. The first kappa shape index (κ1) is 15.3. The van der Waals surface area contributed by atoms with Gasteiger partial charge >= 0.3 is 0 Å². The number of anilines is 2. The van der Waals surface area contributed by atoms with E-state index in [1.807, 2.05) is 0 Å². The molecule has 21 heavy (non-hydrogen) atoms. The van der Waals surface area contributed by atoms with Gasteiger partial charge in [-0.15, -0.1) is 0 Å². The number of benzene rings is 2. The summed E-state index contributed by atoms with van der Waals surface area (Å²) in [6.07, 6.45) is 0. The predicted molar refractivity (Wildman–Crippen MR) is 81.6 cm³/mol. The van der Waals surface area contributed by atoms with E-state index in [-0.39, 0.29) is 21.2 Å². The van der Waals surface area contributed by atoms with Crippen LogP contribution in [0.15, 0.2) is 47.4 Å². The lowest BCUT2D eigenvalue weighted by Gasteiger charge is -2.10. The van der Waals surface area contributed by atoms with Crippen LogP contribution in [-0.4, -0.2) is 14.3 Å². The number of hydrogen-bond acceptors (Lipinski definition) is 4. The second kappa shape index (κ2) is 5.72. The highest BCUT2D eigenvalue weighted by atomic mass is 35.5. The zero-order chi connectivity index (χ0) is 15.6. The average molecular weight is 326 g/mol. The summed E-state index contributed by atoms with van der Waals surface area (Å²) < 4.78 is 22.8. The quantitative estimate of drug-likeness (QED) is 0.746. The predicted octanol–water partition coefficient (Wildman–Crippen LogP) is 1.82. The molecule has 0 aliphatic rings. The fourth-order valence-corrected chi connectivity index (χ4v) is 2.81. The highest BCUT2D eigenvalue weighted by molar-refractivity contribution is 7.89. The van der Waals surface area contributed by atoms with E-state index in [1.165, 1.54) is 6.07 Å². The van der Waals surface area contributed by atoms with Crippen LogP contribution in [0.2, 0.25) is 5.02 Å². The second-order valence-corrected chi connectivity index (χ2v) is 6.17. The molecule has 2 aromatic rings. The summed E-state index contributed by atoms with van der Waals surface area (Å²) in [5.41, 5.74) is 6.29. The first-order valence-corrected chi connectivity index (χ1v) is 7.69. The molecule has 0 saturated carbocycles. The summed E-state index contributed by atoms with van der Waals surface area (Å²) >= 11 is 5.78. The lowest BCUT2D eigenvalue weighted by molar-refractivity contribution is 0.102. The molecular weight excluding hydrogens is 314 g/mol. The van der Waals surface area contributed by atoms with Gasteiger partial charge in [0.05, 0.1) is 10.6 Å². The number of rotatable bonds is 3. The zero-order valence-electron chi connectivity index (χ0n) is 10.7. The van der Waals surface area contributed by atoms with E-state index in [1.54, 1.807) is 30.3 Å². The Labute approximate surface area is 126 Å². The van der Waals surface area contributed by atoms with Gasteiger partial charge in [-0.2, -0.15) is 0 Å². The van der Waals surface area contributed by atoms with Crippen LogP contribution in [0.1, 0.15) is 10.4 Å². The molecular formula is C13H12ClN3O3S. The molecule has 0 atom stereocenters. The molecule has 110 valence electrons.